The van der Waals surface area contributed by atoms with Gasteiger partial charge in [-0.05, 0) is 44.4 Å². The van der Waals surface area contributed by atoms with Gasteiger partial charge in [-0.15, -0.1) is 0 Å². The van der Waals surface area contributed by atoms with Gasteiger partial charge in [0.1, 0.15) is 0 Å². The first kappa shape index (κ1) is 17.1. The highest BCUT2D eigenvalue weighted by Gasteiger charge is 2.62. The molecule has 3 atom stereocenters. The van der Waals surface area contributed by atoms with Crippen molar-refractivity contribution in [1.29, 1.82) is 0 Å². The summed E-state index contributed by atoms with van der Waals surface area (Å²) in [5.41, 5.74) is -1.87. The third-order valence-electron chi connectivity index (χ3n) is 5.61. The molecule has 0 N–H and O–H groups in total. The molecule has 2 unspecified atom stereocenters. The Hall–Kier alpha value is -1.31. The van der Waals surface area contributed by atoms with Gasteiger partial charge < -0.3 is 4.74 Å². The van der Waals surface area contributed by atoms with Gasteiger partial charge in [-0.3, -0.25) is 9.63 Å². The molecule has 1 aromatic rings. The van der Waals surface area contributed by atoms with Gasteiger partial charge in [0.15, 0.2) is 0 Å². The van der Waals surface area contributed by atoms with E-state index in [1.54, 1.807) is 0 Å². The van der Waals surface area contributed by atoms with Gasteiger partial charge in [0, 0.05) is 6.42 Å². The Balaban J connectivity index is 1.70. The van der Waals surface area contributed by atoms with Crippen LogP contribution in [0.2, 0.25) is 5.02 Å². The lowest BCUT2D eigenvalue weighted by atomic mass is 9.73. The third kappa shape index (κ3) is 2.64. The van der Waals surface area contributed by atoms with Crippen molar-refractivity contribution in [2.75, 3.05) is 11.7 Å². The normalized spacial score (nSPS) is 35.0. The number of hydrogen-bond donors (Lipinski definition) is 0. The highest BCUT2D eigenvalue weighted by atomic mass is 35.5. The molecular weight excluding hydrogens is 359 g/mol. The van der Waals surface area contributed by atoms with Crippen molar-refractivity contribution < 1.29 is 27.5 Å². The van der Waals surface area contributed by atoms with E-state index < -0.39 is 28.3 Å². The van der Waals surface area contributed by atoms with E-state index in [1.807, 2.05) is 6.92 Å². The highest BCUT2D eigenvalue weighted by Crippen LogP contribution is 2.57. The van der Waals surface area contributed by atoms with Crippen LogP contribution in [0.25, 0.3) is 0 Å². The second-order valence-corrected chi connectivity index (χ2v) is 7.64. The summed E-state index contributed by atoms with van der Waals surface area (Å²) in [5, 5.41) is 0.572. The van der Waals surface area contributed by atoms with Gasteiger partial charge in [0.2, 0.25) is 0 Å². The van der Waals surface area contributed by atoms with E-state index in [2.05, 4.69) is 0 Å². The summed E-state index contributed by atoms with van der Waals surface area (Å²) < 4.78 is 45.5. The van der Waals surface area contributed by atoms with Gasteiger partial charge in [-0.1, -0.05) is 11.6 Å². The van der Waals surface area contributed by atoms with Crippen LogP contribution in [0, 0.1) is 5.92 Å². The molecule has 0 aromatic heterocycles. The minimum absolute atomic E-state index is 0.0315. The summed E-state index contributed by atoms with van der Waals surface area (Å²) >= 11 is 5.67. The Kier molecular flexibility index (Phi) is 3.66. The second kappa shape index (κ2) is 5.34. The van der Waals surface area contributed by atoms with Crippen molar-refractivity contribution in [3.8, 4) is 0 Å². The van der Waals surface area contributed by atoms with Crippen LogP contribution < -0.4 is 5.06 Å². The van der Waals surface area contributed by atoms with Crippen LogP contribution in [-0.4, -0.2) is 23.7 Å². The minimum Gasteiger partial charge on any atom is -0.368 e. The molecule has 4 nitrogen and oxygen atoms in total. The molecule has 0 aliphatic carbocycles. The number of halogens is 4. The summed E-state index contributed by atoms with van der Waals surface area (Å²) in [7, 11) is 0. The Morgan fingerprint density at radius 3 is 2.76 bits per heavy atom. The molecule has 3 heterocycles. The van der Waals surface area contributed by atoms with Gasteiger partial charge in [-0.25, -0.2) is 0 Å². The first-order valence-electron chi connectivity index (χ1n) is 8.17. The van der Waals surface area contributed by atoms with Crippen molar-refractivity contribution in [3.63, 3.8) is 0 Å². The second-order valence-electron chi connectivity index (χ2n) is 7.23. The molecule has 0 saturated carbocycles. The SMILES string of the molecule is CC12CCC3(CCON(c4ccc(Cl)c(C(F)(F)F)c4)C(=O)[C@H]1C3)O2. The number of fused-ring (bicyclic) bond motifs is 3. The summed E-state index contributed by atoms with van der Waals surface area (Å²) in [5.74, 6) is -0.786. The van der Waals surface area contributed by atoms with Crippen molar-refractivity contribution in [2.45, 2.75) is 50.0 Å². The predicted molar refractivity (Wildman–Crippen MR) is 84.1 cm³/mol. The van der Waals surface area contributed by atoms with E-state index in [9.17, 15) is 18.0 Å². The van der Waals surface area contributed by atoms with Crippen molar-refractivity contribution in [3.05, 3.63) is 28.8 Å². The van der Waals surface area contributed by atoms with Crippen molar-refractivity contribution in [2.24, 2.45) is 5.92 Å². The first-order chi connectivity index (χ1) is 11.6. The molecule has 1 spiro atoms. The van der Waals surface area contributed by atoms with Crippen LogP contribution in [0.3, 0.4) is 0 Å². The lowest BCUT2D eigenvalue weighted by molar-refractivity contribution is -0.138. The molecule has 3 bridgehead atoms. The molecule has 3 saturated heterocycles. The summed E-state index contributed by atoms with van der Waals surface area (Å²) in [4.78, 5) is 18.6. The lowest BCUT2D eigenvalue weighted by Gasteiger charge is -2.35. The fourth-order valence-electron chi connectivity index (χ4n) is 4.26. The van der Waals surface area contributed by atoms with Crippen LogP contribution in [0.4, 0.5) is 18.9 Å². The Bertz CT molecular complexity index is 740. The fourth-order valence-corrected chi connectivity index (χ4v) is 4.49. The number of anilines is 1. The zero-order valence-electron chi connectivity index (χ0n) is 13.5. The quantitative estimate of drug-likeness (QED) is 0.732. The Morgan fingerprint density at radius 1 is 1.28 bits per heavy atom. The van der Waals surface area contributed by atoms with E-state index >= 15 is 0 Å². The molecule has 3 aliphatic heterocycles. The smallest absolute Gasteiger partial charge is 0.368 e. The van der Waals surface area contributed by atoms with Gasteiger partial charge >= 0.3 is 6.18 Å². The number of rotatable bonds is 1. The monoisotopic (exact) mass is 375 g/mol. The van der Waals surface area contributed by atoms with Crippen LogP contribution in [0.15, 0.2) is 18.2 Å². The number of nitrogens with zero attached hydrogens (tertiary/aromatic N) is 1. The Labute approximate surface area is 147 Å². The van der Waals surface area contributed by atoms with Gasteiger partial charge in [0.25, 0.3) is 5.91 Å². The predicted octanol–water partition coefficient (Wildman–Crippen LogP) is 4.35. The number of carbonyl (C=O) groups is 1. The van der Waals surface area contributed by atoms with Crippen LogP contribution >= 0.6 is 11.6 Å². The molecule has 3 fully saturated rings. The molecule has 1 amide bonds. The maximum Gasteiger partial charge on any atom is 0.417 e. The largest absolute Gasteiger partial charge is 0.417 e. The number of carbonyl (C=O) groups excluding carboxylic acids is 1. The van der Waals surface area contributed by atoms with E-state index in [1.165, 1.54) is 6.07 Å². The topological polar surface area (TPSA) is 38.8 Å². The number of ether oxygens (including phenoxy) is 1. The van der Waals surface area contributed by atoms with E-state index in [0.29, 0.717) is 12.8 Å². The maximum atomic E-state index is 13.1. The van der Waals surface area contributed by atoms with Gasteiger partial charge in [-0.2, -0.15) is 18.2 Å². The summed E-state index contributed by atoms with van der Waals surface area (Å²) in [6.07, 6.45) is -1.75. The zero-order valence-corrected chi connectivity index (χ0v) is 14.3. The molecule has 4 rings (SSSR count). The van der Waals surface area contributed by atoms with E-state index in [4.69, 9.17) is 21.2 Å². The molecule has 8 heteroatoms. The van der Waals surface area contributed by atoms with Crippen LogP contribution in [0.1, 0.15) is 38.2 Å². The number of amides is 1. The first-order valence-corrected chi connectivity index (χ1v) is 8.55. The van der Waals surface area contributed by atoms with Gasteiger partial charge in [0.05, 0.1) is 40.0 Å². The van der Waals surface area contributed by atoms with Crippen LogP contribution in [0.5, 0.6) is 0 Å². The number of benzene rings is 1. The summed E-state index contributed by atoms with van der Waals surface area (Å²) in [6, 6.07) is 3.35. The minimum atomic E-state index is -4.61. The molecule has 25 heavy (non-hydrogen) atoms. The number of alkyl halides is 3. The van der Waals surface area contributed by atoms with Crippen molar-refractivity contribution >= 4 is 23.2 Å². The molecule has 136 valence electrons. The lowest BCUT2D eigenvalue weighted by Crippen LogP contribution is -2.47. The molecule has 0 radical (unpaired) electrons. The van der Waals surface area contributed by atoms with E-state index in [-0.39, 0.29) is 23.8 Å². The average molecular weight is 376 g/mol. The van der Waals surface area contributed by atoms with Crippen LogP contribution in [-0.2, 0) is 20.5 Å². The Morgan fingerprint density at radius 2 is 2.04 bits per heavy atom. The third-order valence-corrected chi connectivity index (χ3v) is 5.94. The molecule has 3 aliphatic rings. The van der Waals surface area contributed by atoms with E-state index in [0.717, 1.165) is 30.0 Å². The maximum absolute atomic E-state index is 13.1. The number of hydroxylamine groups is 1. The zero-order chi connectivity index (χ0) is 18.0. The standard InChI is InChI=1S/C17H17ClF3NO3/c1-15-4-5-16(25-15)6-7-24-22(14(23)12(15)9-16)10-2-3-13(18)11(8-10)17(19,20)21/h2-3,8,12H,4-7,9H2,1H3/t12-,15?,16?/m1/s1. The molecule has 1 aromatic carbocycles. The fraction of sp³-hybridized carbons (Fsp3) is 0.588. The molecular formula is C17H17ClF3NO3. The highest BCUT2D eigenvalue weighted by molar-refractivity contribution is 6.31. The number of hydrogen-bond acceptors (Lipinski definition) is 3. The van der Waals surface area contributed by atoms with Crippen molar-refractivity contribution in [1.82, 2.24) is 0 Å². The average Bonchev–Trinajstić information content (AvgIpc) is 3.01. The summed E-state index contributed by atoms with van der Waals surface area (Å²) in [6.45, 7) is 2.11.